The lowest BCUT2D eigenvalue weighted by Crippen LogP contribution is -2.38. The van der Waals surface area contributed by atoms with Crippen LogP contribution in [0.1, 0.15) is 44.9 Å². The summed E-state index contributed by atoms with van der Waals surface area (Å²) in [5.41, 5.74) is 0. The van der Waals surface area contributed by atoms with Gasteiger partial charge in [-0.25, -0.2) is 0 Å². The smallest absolute Gasteiger partial charge is 0.222 e. The molecule has 0 spiro atoms. The summed E-state index contributed by atoms with van der Waals surface area (Å²) in [6.07, 6.45) is 8.34. The van der Waals surface area contributed by atoms with E-state index in [2.05, 4.69) is 15.1 Å². The molecule has 6 heteroatoms. The van der Waals surface area contributed by atoms with E-state index >= 15 is 0 Å². The molecule has 2 fully saturated rings. The molecule has 0 bridgehead atoms. The monoisotopic (exact) mass is 339 g/mol. The van der Waals surface area contributed by atoms with E-state index in [0.717, 1.165) is 45.1 Å². The Balaban J connectivity index is 0.00000200. The van der Waals surface area contributed by atoms with E-state index in [1.165, 1.54) is 32.2 Å². The Bertz CT molecular complexity index is 286. The van der Waals surface area contributed by atoms with E-state index in [1.807, 2.05) is 7.05 Å². The molecule has 0 unspecified atom stereocenters. The summed E-state index contributed by atoms with van der Waals surface area (Å²) in [4.78, 5) is 16.9. The van der Waals surface area contributed by atoms with Gasteiger partial charge < -0.3 is 10.2 Å². The van der Waals surface area contributed by atoms with E-state index in [4.69, 9.17) is 0 Å². The molecule has 2 aliphatic rings. The molecule has 2 rings (SSSR count). The summed E-state index contributed by atoms with van der Waals surface area (Å²) in [5, 5.41) is 3.10. The Hall–Kier alpha value is -0.0300. The summed E-state index contributed by atoms with van der Waals surface area (Å²) in [5.74, 6) is 0.350. The first-order valence-corrected chi connectivity index (χ1v) is 7.97. The first-order valence-electron chi connectivity index (χ1n) is 7.97. The van der Waals surface area contributed by atoms with Crippen LogP contribution in [0.3, 0.4) is 0 Å². The van der Waals surface area contributed by atoms with Crippen molar-refractivity contribution in [1.29, 1.82) is 0 Å². The molecule has 1 aliphatic heterocycles. The van der Waals surface area contributed by atoms with Crippen LogP contribution in [0.25, 0.3) is 0 Å². The predicted molar refractivity (Wildman–Crippen MR) is 92.7 cm³/mol. The molecule has 4 nitrogen and oxygen atoms in total. The van der Waals surface area contributed by atoms with Gasteiger partial charge in [0.15, 0.2) is 0 Å². The van der Waals surface area contributed by atoms with Crippen molar-refractivity contribution in [1.82, 2.24) is 15.1 Å². The van der Waals surface area contributed by atoms with E-state index in [1.54, 1.807) is 0 Å². The van der Waals surface area contributed by atoms with E-state index in [0.29, 0.717) is 12.3 Å². The number of halogens is 2. The van der Waals surface area contributed by atoms with Gasteiger partial charge in [-0.1, -0.05) is 12.8 Å². The number of hydrogen-bond donors (Lipinski definition) is 1. The van der Waals surface area contributed by atoms with Crippen molar-refractivity contribution in [2.45, 2.75) is 51.0 Å². The summed E-state index contributed by atoms with van der Waals surface area (Å²) in [6, 6.07) is 0.805. The van der Waals surface area contributed by atoms with E-state index in [9.17, 15) is 4.79 Å². The van der Waals surface area contributed by atoms with Gasteiger partial charge in [-0.3, -0.25) is 9.69 Å². The fraction of sp³-hybridized carbons (Fsp3) is 0.933. The second-order valence-electron chi connectivity index (χ2n) is 5.92. The Labute approximate surface area is 141 Å². The molecule has 0 aromatic heterocycles. The van der Waals surface area contributed by atoms with Crippen LogP contribution in [0.15, 0.2) is 0 Å². The number of amides is 1. The van der Waals surface area contributed by atoms with Crippen LogP contribution in [-0.2, 0) is 4.79 Å². The van der Waals surface area contributed by atoms with Crippen LogP contribution >= 0.6 is 24.8 Å². The van der Waals surface area contributed by atoms with Gasteiger partial charge in [0.05, 0.1) is 0 Å². The van der Waals surface area contributed by atoms with Gasteiger partial charge in [-0.05, 0) is 39.3 Å². The largest absolute Gasteiger partial charge is 0.341 e. The van der Waals surface area contributed by atoms with Crippen molar-refractivity contribution in [3.63, 3.8) is 0 Å². The maximum absolute atomic E-state index is 12.1. The Morgan fingerprint density at radius 1 is 1.05 bits per heavy atom. The van der Waals surface area contributed by atoms with Gasteiger partial charge in [0.1, 0.15) is 0 Å². The van der Waals surface area contributed by atoms with Crippen molar-refractivity contribution < 1.29 is 4.79 Å². The molecule has 1 N–H and O–H groups in total. The molecule has 0 atom stereocenters. The van der Waals surface area contributed by atoms with E-state index in [-0.39, 0.29) is 24.8 Å². The van der Waals surface area contributed by atoms with Gasteiger partial charge in [-0.2, -0.15) is 0 Å². The third-order valence-corrected chi connectivity index (χ3v) is 4.54. The van der Waals surface area contributed by atoms with Crippen LogP contribution in [0.5, 0.6) is 0 Å². The van der Waals surface area contributed by atoms with Crippen molar-refractivity contribution in [3.05, 3.63) is 0 Å². The molecule has 1 aliphatic carbocycles. The van der Waals surface area contributed by atoms with Crippen molar-refractivity contribution in [3.8, 4) is 0 Å². The minimum atomic E-state index is 0. The van der Waals surface area contributed by atoms with Gasteiger partial charge in [-0.15, -0.1) is 24.8 Å². The normalized spacial score (nSPS) is 20.5. The zero-order valence-electron chi connectivity index (χ0n) is 13.2. The highest BCUT2D eigenvalue weighted by Gasteiger charge is 2.25. The number of rotatable bonds is 5. The van der Waals surface area contributed by atoms with Crippen LogP contribution in [-0.4, -0.2) is 61.5 Å². The number of carbonyl (C=O) groups excluding carboxylic acids is 1. The van der Waals surface area contributed by atoms with Crippen LogP contribution in [0.4, 0.5) is 0 Å². The molecule has 1 amide bonds. The first kappa shape index (κ1) is 21.0. The predicted octanol–water partition coefficient (Wildman–Crippen LogP) is 2.31. The number of nitrogens with zero attached hydrogens (tertiary/aromatic N) is 2. The van der Waals surface area contributed by atoms with Crippen molar-refractivity contribution >= 4 is 30.7 Å². The topological polar surface area (TPSA) is 35.6 Å². The molecule has 126 valence electrons. The van der Waals surface area contributed by atoms with E-state index < -0.39 is 0 Å². The summed E-state index contributed by atoms with van der Waals surface area (Å²) >= 11 is 0. The van der Waals surface area contributed by atoms with Crippen LogP contribution < -0.4 is 5.32 Å². The second kappa shape index (κ2) is 11.5. The number of carbonyl (C=O) groups is 1. The average Bonchev–Trinajstić information content (AvgIpc) is 2.83. The van der Waals surface area contributed by atoms with Crippen molar-refractivity contribution in [2.75, 3.05) is 39.8 Å². The standard InChI is InChI=1S/C15H29N3O.2ClH/c1-16-9-4-8-15(19)18-11-5-10-17(12-13-18)14-6-2-3-7-14;;/h14,16H,2-13H2,1H3;2*1H. The molecule has 0 aromatic rings. The lowest BCUT2D eigenvalue weighted by Gasteiger charge is -2.27. The third-order valence-electron chi connectivity index (χ3n) is 4.54. The zero-order valence-corrected chi connectivity index (χ0v) is 14.8. The maximum Gasteiger partial charge on any atom is 0.222 e. The quantitative estimate of drug-likeness (QED) is 0.780. The molecule has 1 heterocycles. The molecular weight excluding hydrogens is 309 g/mol. The number of hydrogen-bond acceptors (Lipinski definition) is 3. The number of nitrogens with one attached hydrogen (secondary N) is 1. The maximum atomic E-state index is 12.1. The van der Waals surface area contributed by atoms with Gasteiger partial charge in [0, 0.05) is 38.6 Å². The highest BCUT2D eigenvalue weighted by atomic mass is 35.5. The molecule has 21 heavy (non-hydrogen) atoms. The molecular formula is C15H31Cl2N3O. The summed E-state index contributed by atoms with van der Waals surface area (Å²) < 4.78 is 0. The van der Waals surface area contributed by atoms with Gasteiger partial charge in [0.2, 0.25) is 5.91 Å². The minimum absolute atomic E-state index is 0. The lowest BCUT2D eigenvalue weighted by molar-refractivity contribution is -0.131. The first-order chi connectivity index (χ1) is 9.31. The van der Waals surface area contributed by atoms with Gasteiger partial charge >= 0.3 is 0 Å². The second-order valence-corrected chi connectivity index (χ2v) is 5.92. The highest BCUT2D eigenvalue weighted by Crippen LogP contribution is 2.24. The van der Waals surface area contributed by atoms with Crippen LogP contribution in [0.2, 0.25) is 0 Å². The molecule has 0 aromatic carbocycles. The van der Waals surface area contributed by atoms with Crippen molar-refractivity contribution in [2.24, 2.45) is 0 Å². The Kier molecular flexibility index (Phi) is 11.5. The fourth-order valence-corrected chi connectivity index (χ4v) is 3.40. The Morgan fingerprint density at radius 3 is 2.43 bits per heavy atom. The minimum Gasteiger partial charge on any atom is -0.341 e. The average molecular weight is 340 g/mol. The molecule has 1 saturated carbocycles. The summed E-state index contributed by atoms with van der Waals surface area (Å²) in [6.45, 7) is 5.11. The third kappa shape index (κ3) is 6.72. The molecule has 1 saturated heterocycles. The highest BCUT2D eigenvalue weighted by molar-refractivity contribution is 5.85. The van der Waals surface area contributed by atoms with Crippen LogP contribution in [0, 0.1) is 0 Å². The lowest BCUT2D eigenvalue weighted by atomic mass is 10.2. The van der Waals surface area contributed by atoms with Gasteiger partial charge in [0.25, 0.3) is 0 Å². The Morgan fingerprint density at radius 2 is 1.76 bits per heavy atom. The SMILES string of the molecule is CNCCCC(=O)N1CCCN(C2CCCC2)CC1.Cl.Cl. The summed E-state index contributed by atoms with van der Waals surface area (Å²) in [7, 11) is 1.94. The fourth-order valence-electron chi connectivity index (χ4n) is 3.40. The molecule has 0 radical (unpaired) electrons. The zero-order chi connectivity index (χ0) is 13.5.